The molecule has 8 nitrogen and oxygen atoms in total. The van der Waals surface area contributed by atoms with Crippen LogP contribution in [-0.4, -0.2) is 30.0 Å². The van der Waals surface area contributed by atoms with Crippen molar-refractivity contribution in [3.8, 4) is 6.07 Å². The number of hydrogen-bond acceptors (Lipinski definition) is 5. The summed E-state index contributed by atoms with van der Waals surface area (Å²) in [4.78, 5) is 27.2. The molecule has 176 valence electrons. The van der Waals surface area contributed by atoms with Crippen LogP contribution in [0.4, 0.5) is 23.7 Å². The van der Waals surface area contributed by atoms with Gasteiger partial charge in [0.25, 0.3) is 0 Å². The molecule has 0 saturated heterocycles. The van der Waals surface area contributed by atoms with Crippen LogP contribution in [-0.2, 0) is 15.7 Å². The van der Waals surface area contributed by atoms with Crippen molar-refractivity contribution in [3.63, 3.8) is 0 Å². The van der Waals surface area contributed by atoms with Crippen LogP contribution in [0, 0.1) is 16.7 Å². The third kappa shape index (κ3) is 4.34. The Morgan fingerprint density at radius 3 is 2.44 bits per heavy atom. The van der Waals surface area contributed by atoms with Crippen LogP contribution in [0.1, 0.15) is 29.7 Å². The molecule has 12 heteroatoms. The summed E-state index contributed by atoms with van der Waals surface area (Å²) in [6.07, 6.45) is -4.66. The molecule has 0 saturated carbocycles. The number of primary amides is 1. The molecule has 1 aliphatic heterocycles. The van der Waals surface area contributed by atoms with Gasteiger partial charge in [0, 0.05) is 15.9 Å². The lowest BCUT2D eigenvalue weighted by Gasteiger charge is -2.43. The number of anilines is 1. The van der Waals surface area contributed by atoms with Gasteiger partial charge in [-0.05, 0) is 42.8 Å². The van der Waals surface area contributed by atoms with E-state index in [4.69, 9.17) is 21.1 Å². The topological polar surface area (TPSA) is 124 Å². The van der Waals surface area contributed by atoms with E-state index in [2.05, 4.69) is 15.9 Å². The average Bonchev–Trinajstić information content (AvgIpc) is 2.77. The van der Waals surface area contributed by atoms with Gasteiger partial charge in [0.2, 0.25) is 5.96 Å². The smallest absolute Gasteiger partial charge is 0.416 e. The molecule has 2 amide bonds. The number of alkyl halides is 3. The van der Waals surface area contributed by atoms with Crippen LogP contribution in [0.25, 0.3) is 0 Å². The van der Waals surface area contributed by atoms with Crippen molar-refractivity contribution in [3.05, 3.63) is 74.9 Å². The summed E-state index contributed by atoms with van der Waals surface area (Å²) in [7, 11) is 1.11. The van der Waals surface area contributed by atoms with Gasteiger partial charge in [-0.3, -0.25) is 15.2 Å². The number of urea groups is 1. The number of nitrogens with two attached hydrogens (primary N) is 1. The van der Waals surface area contributed by atoms with E-state index in [0.29, 0.717) is 10.0 Å². The van der Waals surface area contributed by atoms with Gasteiger partial charge in [0.15, 0.2) is 0 Å². The van der Waals surface area contributed by atoms with Crippen molar-refractivity contribution in [2.75, 3.05) is 12.0 Å². The zero-order valence-electron chi connectivity index (χ0n) is 17.8. The number of benzene rings is 2. The molecular weight excluding hydrogens is 519 g/mol. The van der Waals surface area contributed by atoms with E-state index in [1.165, 1.54) is 31.2 Å². The normalized spacial score (nSPS) is 16.4. The zero-order valence-corrected chi connectivity index (χ0v) is 19.4. The lowest BCUT2D eigenvalue weighted by molar-refractivity contribution is -0.138. The third-order valence-electron chi connectivity index (χ3n) is 5.20. The molecule has 34 heavy (non-hydrogen) atoms. The number of esters is 1. The Morgan fingerprint density at radius 1 is 1.24 bits per heavy atom. The minimum atomic E-state index is -4.66. The molecule has 1 heterocycles. The van der Waals surface area contributed by atoms with E-state index < -0.39 is 35.7 Å². The quantitative estimate of drug-likeness (QED) is 0.553. The summed E-state index contributed by atoms with van der Waals surface area (Å²) in [5.74, 6) is -1.45. The van der Waals surface area contributed by atoms with E-state index in [0.717, 1.165) is 35.1 Å². The highest BCUT2D eigenvalue weighted by Crippen LogP contribution is 2.42. The monoisotopic (exact) mass is 535 g/mol. The number of ether oxygens (including phenoxy) is 1. The number of amides is 2. The van der Waals surface area contributed by atoms with Crippen molar-refractivity contribution in [2.24, 2.45) is 5.73 Å². The van der Waals surface area contributed by atoms with Crippen LogP contribution in [0.5, 0.6) is 0 Å². The fourth-order valence-corrected chi connectivity index (χ4v) is 4.28. The SMILES string of the molecule is COC(=O)C1=C(C)N(c2cccc(C(F)(F)F)c2)C(=N)N(C(N)=O)[C@@H]1c1ccc(C#N)cc1Br. The minimum Gasteiger partial charge on any atom is -0.466 e. The molecule has 0 aromatic heterocycles. The Kier molecular flexibility index (Phi) is 6.70. The first-order valence-corrected chi connectivity index (χ1v) is 10.3. The molecule has 0 fully saturated rings. The summed E-state index contributed by atoms with van der Waals surface area (Å²) < 4.78 is 45.2. The number of nitrogens with one attached hydrogen (secondary N) is 1. The van der Waals surface area contributed by atoms with Crippen molar-refractivity contribution in [1.82, 2.24) is 4.90 Å². The number of nitriles is 1. The second-order valence-electron chi connectivity index (χ2n) is 7.16. The van der Waals surface area contributed by atoms with Crippen molar-refractivity contribution < 1.29 is 27.5 Å². The van der Waals surface area contributed by atoms with Crippen LogP contribution < -0.4 is 10.6 Å². The first-order valence-electron chi connectivity index (χ1n) is 9.55. The predicted molar refractivity (Wildman–Crippen MR) is 119 cm³/mol. The summed E-state index contributed by atoms with van der Waals surface area (Å²) in [5.41, 5.74) is 5.03. The molecule has 3 N–H and O–H groups in total. The highest BCUT2D eigenvalue weighted by atomic mass is 79.9. The maximum Gasteiger partial charge on any atom is 0.416 e. The summed E-state index contributed by atoms with van der Waals surface area (Å²) in [5, 5.41) is 17.8. The van der Waals surface area contributed by atoms with Crippen molar-refractivity contribution >= 4 is 39.6 Å². The maximum atomic E-state index is 13.3. The Labute approximate surface area is 200 Å². The molecule has 1 aliphatic rings. The highest BCUT2D eigenvalue weighted by molar-refractivity contribution is 9.10. The van der Waals surface area contributed by atoms with Crippen LogP contribution >= 0.6 is 15.9 Å². The molecule has 3 rings (SSSR count). The number of rotatable bonds is 3. The van der Waals surface area contributed by atoms with Gasteiger partial charge in [-0.2, -0.15) is 18.4 Å². The van der Waals surface area contributed by atoms with Gasteiger partial charge < -0.3 is 10.5 Å². The number of carbonyl (C=O) groups excluding carboxylic acids is 2. The molecular formula is C22H17BrF3N5O3. The average molecular weight is 536 g/mol. The number of allylic oxidation sites excluding steroid dienone is 1. The fraction of sp³-hybridized carbons (Fsp3) is 0.182. The molecule has 2 aromatic carbocycles. The summed E-state index contributed by atoms with van der Waals surface area (Å²) >= 11 is 3.32. The number of methoxy groups -OCH3 is 1. The lowest BCUT2D eigenvalue weighted by Crippen LogP contribution is -2.55. The number of carbonyl (C=O) groups is 2. The van der Waals surface area contributed by atoms with Crippen LogP contribution in [0.2, 0.25) is 0 Å². The Balaban J connectivity index is 2.32. The van der Waals surface area contributed by atoms with Gasteiger partial charge in [0.1, 0.15) is 6.04 Å². The first-order chi connectivity index (χ1) is 15.9. The van der Waals surface area contributed by atoms with E-state index >= 15 is 0 Å². The molecule has 2 aromatic rings. The molecule has 1 atom stereocenters. The van der Waals surface area contributed by atoms with Crippen molar-refractivity contribution in [2.45, 2.75) is 19.1 Å². The second kappa shape index (κ2) is 9.18. The largest absolute Gasteiger partial charge is 0.466 e. The molecule has 0 spiro atoms. The van der Waals surface area contributed by atoms with Crippen LogP contribution in [0.3, 0.4) is 0 Å². The Morgan fingerprint density at radius 2 is 1.91 bits per heavy atom. The Hall–Kier alpha value is -3.85. The summed E-state index contributed by atoms with van der Waals surface area (Å²) in [6.45, 7) is 1.42. The van der Waals surface area contributed by atoms with Gasteiger partial charge in [-0.1, -0.05) is 28.1 Å². The van der Waals surface area contributed by atoms with Gasteiger partial charge in [-0.15, -0.1) is 0 Å². The van der Waals surface area contributed by atoms with E-state index in [-0.39, 0.29) is 22.5 Å². The summed E-state index contributed by atoms with van der Waals surface area (Å²) in [6, 6.07) is 8.08. The second-order valence-corrected chi connectivity index (χ2v) is 8.01. The number of halogens is 4. The van der Waals surface area contributed by atoms with Crippen molar-refractivity contribution in [1.29, 1.82) is 10.7 Å². The fourth-order valence-electron chi connectivity index (χ4n) is 3.69. The molecule has 0 bridgehead atoms. The number of nitrogens with zero attached hydrogens (tertiary/aromatic N) is 3. The molecule has 0 aliphatic carbocycles. The molecule has 0 radical (unpaired) electrons. The third-order valence-corrected chi connectivity index (χ3v) is 5.88. The van der Waals surface area contributed by atoms with E-state index in [1.54, 1.807) is 0 Å². The van der Waals surface area contributed by atoms with E-state index in [9.17, 15) is 22.8 Å². The predicted octanol–water partition coefficient (Wildman–Crippen LogP) is 4.66. The lowest BCUT2D eigenvalue weighted by atomic mass is 9.92. The van der Waals surface area contributed by atoms with Gasteiger partial charge in [-0.25, -0.2) is 9.59 Å². The number of hydrogen-bond donors (Lipinski definition) is 2. The number of guanidine groups is 1. The minimum absolute atomic E-state index is 0.0648. The van der Waals surface area contributed by atoms with Gasteiger partial charge >= 0.3 is 18.2 Å². The zero-order chi connectivity index (χ0) is 25.4. The molecule has 0 unspecified atom stereocenters. The van der Waals surface area contributed by atoms with Gasteiger partial charge in [0.05, 0.1) is 29.9 Å². The Bertz CT molecular complexity index is 1270. The standard InChI is InChI=1S/C22H17BrF3N5O3/c1-11-17(19(32)34-2)18(15-7-6-12(10-27)8-16(15)23)31(21(29)33)20(28)30(11)14-5-3-4-13(9-14)22(24,25)26/h3-9,18,28H,1-2H3,(H2,29,33)/t18-/m1/s1. The van der Waals surface area contributed by atoms with Crippen LogP contribution in [0.15, 0.2) is 58.2 Å². The maximum absolute atomic E-state index is 13.3. The van der Waals surface area contributed by atoms with E-state index in [1.807, 2.05) is 6.07 Å². The highest BCUT2D eigenvalue weighted by Gasteiger charge is 2.44. The first kappa shape index (κ1) is 24.8.